The molecule has 31 nitrogen and oxygen atoms in total. The van der Waals surface area contributed by atoms with Crippen LogP contribution < -0.4 is 75.3 Å². The molecule has 3 saturated carbocycles. The van der Waals surface area contributed by atoms with Gasteiger partial charge in [-0.05, 0) is 178 Å². The number of aryl methyl sites for hydroxylation is 1. The number of alkyl halides is 2. The lowest BCUT2D eigenvalue weighted by molar-refractivity contribution is -0.143. The van der Waals surface area contributed by atoms with Crippen molar-refractivity contribution >= 4 is 65.0 Å². The van der Waals surface area contributed by atoms with Gasteiger partial charge in [-0.1, -0.05) is 5.21 Å². The van der Waals surface area contributed by atoms with E-state index >= 15 is 28.0 Å². The maximum atomic E-state index is 15.2. The number of halogens is 2. The van der Waals surface area contributed by atoms with Crippen molar-refractivity contribution in [3.63, 3.8) is 0 Å². The lowest BCUT2D eigenvalue weighted by Gasteiger charge is -2.34. The fraction of sp³-hybridized carbons (Fsp3) is 0.794. The molecule has 9 unspecified atom stereocenters. The zero-order valence-corrected chi connectivity index (χ0v) is 54.6. The number of fused-ring (bicyclic) bond motifs is 5. The largest absolute Gasteiger partial charge is 0.481 e. The number of carboxylic acids is 1. The summed E-state index contributed by atoms with van der Waals surface area (Å²) in [6.07, 6.45) is 2.95. The first-order valence-corrected chi connectivity index (χ1v) is 34.7. The summed E-state index contributed by atoms with van der Waals surface area (Å²) in [5, 5.41) is 63.9. The minimum Gasteiger partial charge on any atom is -0.481 e. The Kier molecular flexibility index (Phi) is 26.6. The smallest absolute Gasteiger partial charge is 0.305 e. The van der Waals surface area contributed by atoms with Crippen LogP contribution in [0.1, 0.15) is 147 Å². The average molecular weight is 1360 g/mol. The lowest BCUT2D eigenvalue weighted by Crippen LogP contribution is -2.61. The van der Waals surface area contributed by atoms with Gasteiger partial charge in [0.15, 0.2) is 0 Å². The summed E-state index contributed by atoms with van der Waals surface area (Å²) in [7, 11) is 0. The van der Waals surface area contributed by atoms with Gasteiger partial charge < -0.3 is 90.4 Å². The number of carboxylic acid groups (broad SMARTS) is 1. The number of aromatic nitrogens is 3. The number of aliphatic hydroxyl groups excluding tert-OH is 1. The Labute approximate surface area is 556 Å². The third-order valence-electron chi connectivity index (χ3n) is 20.9. The van der Waals surface area contributed by atoms with Crippen molar-refractivity contribution in [1.29, 1.82) is 0 Å². The molecule has 33 heteroatoms. The van der Waals surface area contributed by atoms with Gasteiger partial charge in [0.05, 0.1) is 24.8 Å². The van der Waals surface area contributed by atoms with Gasteiger partial charge >= 0.3 is 5.97 Å². The highest BCUT2D eigenvalue weighted by Gasteiger charge is 2.47. The van der Waals surface area contributed by atoms with Gasteiger partial charge in [0.2, 0.25) is 59.1 Å². The first-order chi connectivity index (χ1) is 46.1. The van der Waals surface area contributed by atoms with Crippen LogP contribution in [0.25, 0.3) is 0 Å². The van der Waals surface area contributed by atoms with Gasteiger partial charge in [-0.3, -0.25) is 57.4 Å². The van der Waals surface area contributed by atoms with Crippen molar-refractivity contribution in [3.8, 4) is 0 Å². The highest BCUT2D eigenvalue weighted by atomic mass is 19.1. The summed E-state index contributed by atoms with van der Waals surface area (Å²) in [5.74, 6) is -11.2. The minimum atomic E-state index is -1.91. The number of rotatable bonds is 15. The Morgan fingerprint density at radius 2 is 1.22 bits per heavy atom. The summed E-state index contributed by atoms with van der Waals surface area (Å²) in [6, 6.07) is -11.9. The normalized spacial score (nSPS) is 35.5. The van der Waals surface area contributed by atoms with Crippen LogP contribution in [0.4, 0.5) is 8.78 Å². The van der Waals surface area contributed by atoms with Gasteiger partial charge in [-0.25, -0.2) is 8.78 Å². The topological polar surface area (TPSA) is 459 Å². The maximum Gasteiger partial charge on any atom is 0.305 e. The van der Waals surface area contributed by atoms with Crippen molar-refractivity contribution in [2.75, 3.05) is 45.9 Å². The number of nitrogens with two attached hydrogens (primary N) is 2. The molecule has 0 spiro atoms. The molecule has 4 saturated heterocycles. The molecule has 534 valence electrons. The minimum absolute atomic E-state index is 0.0510. The van der Waals surface area contributed by atoms with E-state index in [1.165, 1.54) is 15.8 Å². The SMILES string of the molecule is NCCCC[C@@H]1NC(=O)CCCn2cc(nn2)C[C@@H](C(N)=O)NC(=O)[C@@H]2CCCN2C(=O)[C@H](CC2CCC(O)CC2)NC(=O)[C@H](CC2CNCN2)NC(=O)[C@H](CC(=O)O)NC(=O)[C@H](CC2CNC3CCC(F)CC23)NC(=O)[C@H](CC2CNC3CCC(F)CC23)NC(=O)CNC1=O. The van der Waals surface area contributed by atoms with E-state index in [2.05, 4.69) is 74.1 Å². The second-order valence-electron chi connectivity index (χ2n) is 27.9. The number of carbonyl (C=O) groups excluding carboxylic acids is 10. The van der Waals surface area contributed by atoms with Crippen molar-refractivity contribution in [2.45, 2.75) is 239 Å². The fourth-order valence-corrected chi connectivity index (χ4v) is 15.7. The van der Waals surface area contributed by atoms with Crippen molar-refractivity contribution in [1.82, 2.24) is 83.7 Å². The zero-order valence-electron chi connectivity index (χ0n) is 54.6. The molecule has 18 N–H and O–H groups in total. The molecule has 17 atom stereocenters. The van der Waals surface area contributed by atoms with Crippen LogP contribution in [0.5, 0.6) is 0 Å². The molecule has 2 bridgehead atoms. The van der Waals surface area contributed by atoms with E-state index in [0.717, 1.165) is 0 Å². The highest BCUT2D eigenvalue weighted by Crippen LogP contribution is 2.40. The zero-order chi connectivity index (χ0) is 68.6. The molecule has 96 heavy (non-hydrogen) atoms. The molecule has 7 fully saturated rings. The molecule has 3 aliphatic carbocycles. The van der Waals surface area contributed by atoms with E-state index in [1.807, 2.05) is 0 Å². The van der Waals surface area contributed by atoms with Crippen molar-refractivity contribution in [2.24, 2.45) is 41.1 Å². The van der Waals surface area contributed by atoms with E-state index in [-0.39, 0.29) is 125 Å². The molecule has 1 aromatic heterocycles. The molecule has 5 aliphatic heterocycles. The van der Waals surface area contributed by atoms with Crippen LogP contribution in [0.2, 0.25) is 0 Å². The Morgan fingerprint density at radius 3 is 1.83 bits per heavy atom. The third-order valence-corrected chi connectivity index (χ3v) is 20.9. The second-order valence-corrected chi connectivity index (χ2v) is 27.9. The molecule has 1 aromatic rings. The van der Waals surface area contributed by atoms with E-state index < -0.39 is 157 Å². The molecular formula is C63H100F2N18O13. The molecule has 6 heterocycles. The average Bonchev–Trinajstić information content (AvgIpc) is 1.60. The highest BCUT2D eigenvalue weighted by molar-refractivity contribution is 5.99. The van der Waals surface area contributed by atoms with Crippen LogP contribution in [0, 0.1) is 29.6 Å². The number of aliphatic hydroxyl groups is 1. The molecular weight excluding hydrogens is 1250 g/mol. The molecule has 0 aromatic carbocycles. The molecule has 0 radical (unpaired) electrons. The fourth-order valence-electron chi connectivity index (χ4n) is 15.7. The first-order valence-electron chi connectivity index (χ1n) is 34.7. The Balaban J connectivity index is 1.03. The Hall–Kier alpha value is -7.07. The number of hydrogen-bond acceptors (Lipinski definition) is 19. The van der Waals surface area contributed by atoms with Crippen LogP contribution in [-0.2, 0) is 65.7 Å². The lowest BCUT2D eigenvalue weighted by atomic mass is 9.76. The summed E-state index contributed by atoms with van der Waals surface area (Å²) >= 11 is 0. The van der Waals surface area contributed by atoms with Gasteiger partial charge in [0.25, 0.3) is 0 Å². The van der Waals surface area contributed by atoms with Crippen LogP contribution in [-0.4, -0.2) is 226 Å². The maximum absolute atomic E-state index is 15.2. The summed E-state index contributed by atoms with van der Waals surface area (Å²) in [6.45, 7) is 1.22. The number of aliphatic carboxylic acids is 1. The number of primary amides is 1. The monoisotopic (exact) mass is 1350 g/mol. The molecule has 10 amide bonds. The first kappa shape index (κ1) is 73.2. The van der Waals surface area contributed by atoms with E-state index in [0.29, 0.717) is 103 Å². The number of nitrogens with zero attached hydrogens (tertiary/aromatic N) is 4. The quantitative estimate of drug-likeness (QED) is 0.0751. The Bertz CT molecular complexity index is 2900. The Morgan fingerprint density at radius 1 is 0.615 bits per heavy atom. The molecule has 8 aliphatic rings. The number of unbranched alkanes of at least 4 members (excludes halogenated alkanes) is 1. The van der Waals surface area contributed by atoms with Gasteiger partial charge in [0, 0.05) is 63.5 Å². The van der Waals surface area contributed by atoms with Crippen molar-refractivity contribution < 1.29 is 71.7 Å². The van der Waals surface area contributed by atoms with Gasteiger partial charge in [0.1, 0.15) is 60.7 Å². The summed E-state index contributed by atoms with van der Waals surface area (Å²) in [5.41, 5.74) is 11.9. The van der Waals surface area contributed by atoms with Gasteiger partial charge in [-0.2, -0.15) is 0 Å². The van der Waals surface area contributed by atoms with E-state index in [4.69, 9.17) is 11.5 Å². The standard InChI is InChI=1S/C63H100F2N18O13/c64-36-10-14-43-41(22-36)34(27-69-43)20-47-58(91)76-48(21-35-28-70-44-15-11-37(65)23-42(35)44)59(92)78-50(26-55(87)88)61(94)77-49(24-38-29-68-32-72-38)60(93)79-51(19-33-8-12-40(84)13-9-33)63(96)83-18-3-6-52(83)62(95)75-46(56(67)89)25-39-31-82(81-80-39)17-4-7-53(85)73-45(5-1-2-16-66)57(90)71-30-54(86)74-47/h31,33-38,40-52,68-70,72,84H,1-30,32,66H2,(H2,67,89)(H,71,90)(H,73,85)(H,74,86)(H,75,95)(H,76,91)(H,77,94)(H,78,92)(H,79,93)(H,87,88)/t33?,34?,35?,36?,37?,38?,40?,41?,42?,43?,44?,45-,46-,47-,48-,49-,50-,51-,52-/m0/s1. The van der Waals surface area contributed by atoms with Crippen molar-refractivity contribution in [3.05, 3.63) is 11.9 Å². The summed E-state index contributed by atoms with van der Waals surface area (Å²) < 4.78 is 31.8. The van der Waals surface area contributed by atoms with Gasteiger partial charge in [-0.15, -0.1) is 5.10 Å². The molecule has 9 rings (SSSR count). The third kappa shape index (κ3) is 20.5. The second kappa shape index (κ2) is 34.9. The number of hydrogen-bond donors (Lipinski definition) is 16. The number of amides is 10. The number of nitrogens with one attached hydrogen (secondary N) is 12. The van der Waals surface area contributed by atoms with Crippen LogP contribution in [0.15, 0.2) is 6.20 Å². The van der Waals surface area contributed by atoms with Crippen LogP contribution >= 0.6 is 0 Å². The predicted octanol–water partition coefficient (Wildman–Crippen LogP) is -3.71. The van der Waals surface area contributed by atoms with Crippen LogP contribution in [0.3, 0.4) is 0 Å². The van der Waals surface area contributed by atoms with E-state index in [1.54, 1.807) is 0 Å². The van der Waals surface area contributed by atoms with E-state index in [9.17, 15) is 43.8 Å². The predicted molar refractivity (Wildman–Crippen MR) is 340 cm³/mol. The number of carbonyl (C=O) groups is 11. The summed E-state index contributed by atoms with van der Waals surface area (Å²) in [4.78, 5) is 158.